The summed E-state index contributed by atoms with van der Waals surface area (Å²) in [7, 11) is 0. The number of carbonyl (C=O) groups excluding carboxylic acids is 2. The molecule has 160 valence electrons. The van der Waals surface area contributed by atoms with Gasteiger partial charge in [-0.25, -0.2) is 4.39 Å². The van der Waals surface area contributed by atoms with Gasteiger partial charge in [0.25, 0.3) is 5.91 Å². The molecule has 0 aliphatic heterocycles. The van der Waals surface area contributed by atoms with Crippen molar-refractivity contribution in [2.75, 3.05) is 4.90 Å². The van der Waals surface area contributed by atoms with Gasteiger partial charge in [0.2, 0.25) is 5.91 Å². The van der Waals surface area contributed by atoms with Crippen LogP contribution in [0.4, 0.5) is 10.1 Å². The molecule has 1 aliphatic rings. The van der Waals surface area contributed by atoms with Crippen molar-refractivity contribution in [3.8, 4) is 0 Å². The van der Waals surface area contributed by atoms with E-state index in [0.29, 0.717) is 16.8 Å². The number of anilines is 1. The molecule has 2 aromatic carbocycles. The predicted molar refractivity (Wildman–Crippen MR) is 116 cm³/mol. The Balaban J connectivity index is 1.81. The molecule has 1 fully saturated rings. The Hall–Kier alpha value is -3.41. The van der Waals surface area contributed by atoms with Crippen LogP contribution in [0.1, 0.15) is 53.4 Å². The SMILES string of the molecule is Cc1ccc(N(C(=O)c2ccco2)C(C(=O)NC2CCCC2)c2ccccc2)cc1F. The number of hydrogen-bond acceptors (Lipinski definition) is 3. The second-order valence-corrected chi connectivity index (χ2v) is 7.89. The van der Waals surface area contributed by atoms with E-state index >= 15 is 0 Å². The average Bonchev–Trinajstić information content (AvgIpc) is 3.48. The molecule has 0 radical (unpaired) electrons. The van der Waals surface area contributed by atoms with Crippen molar-refractivity contribution in [2.45, 2.75) is 44.7 Å². The Morgan fingerprint density at radius 3 is 2.45 bits per heavy atom. The Bertz CT molecular complexity index is 1040. The minimum Gasteiger partial charge on any atom is -0.459 e. The Labute approximate surface area is 180 Å². The summed E-state index contributed by atoms with van der Waals surface area (Å²) in [5, 5.41) is 3.10. The summed E-state index contributed by atoms with van der Waals surface area (Å²) in [6.45, 7) is 1.65. The lowest BCUT2D eigenvalue weighted by molar-refractivity contribution is -0.123. The first kappa shape index (κ1) is 20.8. The highest BCUT2D eigenvalue weighted by Crippen LogP contribution is 2.31. The molecule has 31 heavy (non-hydrogen) atoms. The van der Waals surface area contributed by atoms with Gasteiger partial charge in [0, 0.05) is 11.7 Å². The first-order chi connectivity index (χ1) is 15.0. The van der Waals surface area contributed by atoms with Crippen LogP contribution in [0.25, 0.3) is 0 Å². The molecule has 1 N–H and O–H groups in total. The monoisotopic (exact) mass is 420 g/mol. The van der Waals surface area contributed by atoms with Crippen molar-refractivity contribution in [3.05, 3.63) is 89.6 Å². The third kappa shape index (κ3) is 4.53. The van der Waals surface area contributed by atoms with E-state index in [1.165, 1.54) is 23.3 Å². The first-order valence-corrected chi connectivity index (χ1v) is 10.5. The predicted octanol–water partition coefficient (Wildman–Crippen LogP) is 5.17. The van der Waals surface area contributed by atoms with E-state index in [9.17, 15) is 14.0 Å². The van der Waals surface area contributed by atoms with E-state index in [4.69, 9.17) is 4.42 Å². The highest BCUT2D eigenvalue weighted by atomic mass is 19.1. The molecule has 1 saturated carbocycles. The maximum Gasteiger partial charge on any atom is 0.294 e. The van der Waals surface area contributed by atoms with Crippen LogP contribution in [0.15, 0.2) is 71.3 Å². The van der Waals surface area contributed by atoms with E-state index < -0.39 is 17.8 Å². The molecule has 1 aromatic heterocycles. The van der Waals surface area contributed by atoms with Crippen LogP contribution in [0.2, 0.25) is 0 Å². The normalized spacial score (nSPS) is 14.9. The van der Waals surface area contributed by atoms with Gasteiger partial charge in [0.05, 0.1) is 6.26 Å². The number of benzene rings is 2. The number of nitrogens with zero attached hydrogens (tertiary/aromatic N) is 1. The molecule has 1 aliphatic carbocycles. The minimum absolute atomic E-state index is 0.0778. The van der Waals surface area contributed by atoms with Gasteiger partial charge in [0.15, 0.2) is 5.76 Å². The number of amides is 2. The van der Waals surface area contributed by atoms with Crippen molar-refractivity contribution in [3.63, 3.8) is 0 Å². The van der Waals surface area contributed by atoms with Gasteiger partial charge in [-0.2, -0.15) is 0 Å². The standard InChI is InChI=1S/C25H25FN2O3/c1-17-13-14-20(16-21(17)26)28(25(30)22-12-7-15-31-22)23(18-8-3-2-4-9-18)24(29)27-19-10-5-6-11-19/h2-4,7-9,12-16,19,23H,5-6,10-11H2,1H3,(H,27,29). The molecule has 0 saturated heterocycles. The van der Waals surface area contributed by atoms with Crippen molar-refractivity contribution in [1.29, 1.82) is 0 Å². The molecule has 1 unspecified atom stereocenters. The quantitative estimate of drug-likeness (QED) is 0.598. The first-order valence-electron chi connectivity index (χ1n) is 10.5. The van der Waals surface area contributed by atoms with Crippen LogP contribution < -0.4 is 10.2 Å². The van der Waals surface area contributed by atoms with Crippen LogP contribution in [-0.4, -0.2) is 17.9 Å². The van der Waals surface area contributed by atoms with Gasteiger partial charge < -0.3 is 9.73 Å². The second-order valence-electron chi connectivity index (χ2n) is 7.89. The van der Waals surface area contributed by atoms with Crippen molar-refractivity contribution < 1.29 is 18.4 Å². The summed E-state index contributed by atoms with van der Waals surface area (Å²) in [5.74, 6) is -1.17. The molecule has 1 atom stereocenters. The lowest BCUT2D eigenvalue weighted by Gasteiger charge is -2.32. The lowest BCUT2D eigenvalue weighted by Crippen LogP contribution is -2.46. The van der Waals surface area contributed by atoms with Crippen molar-refractivity contribution in [1.82, 2.24) is 5.32 Å². The van der Waals surface area contributed by atoms with E-state index in [2.05, 4.69) is 5.32 Å². The van der Waals surface area contributed by atoms with Crippen LogP contribution in [0, 0.1) is 12.7 Å². The number of rotatable bonds is 6. The fourth-order valence-corrected chi connectivity index (χ4v) is 4.04. The molecular weight excluding hydrogens is 395 g/mol. The Morgan fingerprint density at radius 2 is 1.81 bits per heavy atom. The zero-order valence-corrected chi connectivity index (χ0v) is 17.4. The fourth-order valence-electron chi connectivity index (χ4n) is 4.04. The van der Waals surface area contributed by atoms with Crippen molar-refractivity contribution in [2.24, 2.45) is 0 Å². The van der Waals surface area contributed by atoms with Crippen LogP contribution >= 0.6 is 0 Å². The smallest absolute Gasteiger partial charge is 0.294 e. The Morgan fingerprint density at radius 1 is 1.06 bits per heavy atom. The van der Waals surface area contributed by atoms with Crippen LogP contribution in [0.3, 0.4) is 0 Å². The molecule has 6 heteroatoms. The van der Waals surface area contributed by atoms with Gasteiger partial charge >= 0.3 is 0 Å². The Kier molecular flexibility index (Phi) is 6.16. The topological polar surface area (TPSA) is 62.6 Å². The van der Waals surface area contributed by atoms with Gasteiger partial charge in [0.1, 0.15) is 11.9 Å². The van der Waals surface area contributed by atoms with E-state index in [0.717, 1.165) is 25.7 Å². The lowest BCUT2D eigenvalue weighted by atomic mass is 10.0. The van der Waals surface area contributed by atoms with Gasteiger partial charge in [-0.15, -0.1) is 0 Å². The van der Waals surface area contributed by atoms with Gasteiger partial charge in [-0.05, 0) is 55.2 Å². The number of halogens is 1. The average molecular weight is 420 g/mol. The van der Waals surface area contributed by atoms with Crippen molar-refractivity contribution >= 4 is 17.5 Å². The zero-order valence-electron chi connectivity index (χ0n) is 17.4. The maximum absolute atomic E-state index is 14.5. The highest BCUT2D eigenvalue weighted by molar-refractivity contribution is 6.08. The molecule has 5 nitrogen and oxygen atoms in total. The van der Waals surface area contributed by atoms with Gasteiger partial charge in [-0.1, -0.05) is 49.2 Å². The summed E-state index contributed by atoms with van der Waals surface area (Å²) in [6.07, 6.45) is 5.37. The van der Waals surface area contributed by atoms with Gasteiger partial charge in [-0.3, -0.25) is 14.5 Å². The summed E-state index contributed by atoms with van der Waals surface area (Å²) in [5.41, 5.74) is 1.39. The highest BCUT2D eigenvalue weighted by Gasteiger charge is 2.35. The molecule has 2 amide bonds. The van der Waals surface area contributed by atoms with E-state index in [1.54, 1.807) is 37.3 Å². The summed E-state index contributed by atoms with van der Waals surface area (Å²) in [4.78, 5) is 28.3. The largest absolute Gasteiger partial charge is 0.459 e. The number of aryl methyl sites for hydroxylation is 1. The van der Waals surface area contributed by atoms with E-state index in [1.807, 2.05) is 18.2 Å². The summed E-state index contributed by atoms with van der Waals surface area (Å²) < 4.78 is 19.8. The number of carbonyl (C=O) groups is 2. The second kappa shape index (κ2) is 9.16. The molecule has 1 heterocycles. The summed E-state index contributed by atoms with van der Waals surface area (Å²) >= 11 is 0. The van der Waals surface area contributed by atoms with Crippen LogP contribution in [0.5, 0.6) is 0 Å². The molecular formula is C25H25FN2O3. The molecule has 3 aromatic rings. The maximum atomic E-state index is 14.5. The number of nitrogens with one attached hydrogen (secondary N) is 1. The van der Waals surface area contributed by atoms with Crippen LogP contribution in [-0.2, 0) is 4.79 Å². The zero-order chi connectivity index (χ0) is 21.8. The molecule has 0 spiro atoms. The molecule has 0 bridgehead atoms. The minimum atomic E-state index is -0.971. The number of hydrogen-bond donors (Lipinski definition) is 1. The third-order valence-corrected chi connectivity index (χ3v) is 5.71. The summed E-state index contributed by atoms with van der Waals surface area (Å²) in [6, 6.07) is 15.9. The fraction of sp³-hybridized carbons (Fsp3) is 0.280. The number of furan rings is 1. The third-order valence-electron chi connectivity index (χ3n) is 5.71. The van der Waals surface area contributed by atoms with E-state index in [-0.39, 0.29) is 17.7 Å². The molecule has 4 rings (SSSR count).